The second-order valence-electron chi connectivity index (χ2n) is 5.41. The molecule has 1 atom stereocenters. The molecule has 2 aromatic rings. The third-order valence-corrected chi connectivity index (χ3v) is 6.06. The lowest BCUT2D eigenvalue weighted by Crippen LogP contribution is -2.15. The number of thiophene rings is 1. The first-order valence-electron chi connectivity index (χ1n) is 6.42. The summed E-state index contributed by atoms with van der Waals surface area (Å²) in [5, 5.41) is 2.10. The van der Waals surface area contributed by atoms with Crippen LogP contribution in [0, 0.1) is 2.88 Å². The van der Waals surface area contributed by atoms with Gasteiger partial charge in [0, 0.05) is 0 Å². The topological polar surface area (TPSA) is 0 Å². The van der Waals surface area contributed by atoms with Crippen LogP contribution in [-0.4, -0.2) is 0 Å². The first-order chi connectivity index (χ1) is 8.94. The van der Waals surface area contributed by atoms with Gasteiger partial charge in [0.25, 0.3) is 0 Å². The predicted molar refractivity (Wildman–Crippen MR) is 94.5 cm³/mol. The molecule has 0 aliphatic carbocycles. The Kier molecular flexibility index (Phi) is 4.96. The summed E-state index contributed by atoms with van der Waals surface area (Å²) in [5.41, 5.74) is 3.98. The third kappa shape index (κ3) is 3.53. The summed E-state index contributed by atoms with van der Waals surface area (Å²) >= 11 is 10.6. The highest BCUT2D eigenvalue weighted by atomic mass is 127. The van der Waals surface area contributed by atoms with Gasteiger partial charge in [-0.25, -0.2) is 0 Å². The van der Waals surface area contributed by atoms with Gasteiger partial charge in [0.15, 0.2) is 0 Å². The fraction of sp³-hybridized carbons (Fsp3) is 0.375. The van der Waals surface area contributed by atoms with Crippen molar-refractivity contribution in [3.8, 4) is 0 Å². The van der Waals surface area contributed by atoms with Gasteiger partial charge in [0.2, 0.25) is 0 Å². The molecule has 1 heterocycles. The Hall–Kier alpha value is -0.0600. The van der Waals surface area contributed by atoms with Crippen LogP contribution in [0.3, 0.4) is 0 Å². The fourth-order valence-corrected chi connectivity index (χ4v) is 3.70. The van der Waals surface area contributed by atoms with Gasteiger partial charge in [-0.3, -0.25) is 0 Å². The molecule has 19 heavy (non-hydrogen) atoms. The van der Waals surface area contributed by atoms with E-state index in [1.165, 1.54) is 19.6 Å². The van der Waals surface area contributed by atoms with Crippen LogP contribution in [0.1, 0.15) is 49.3 Å². The molecule has 0 aliphatic heterocycles. The van der Waals surface area contributed by atoms with Crippen molar-refractivity contribution in [2.24, 2.45) is 0 Å². The largest absolute Gasteiger partial charge is 0.137 e. The lowest BCUT2D eigenvalue weighted by molar-refractivity contribution is 0.506. The molecule has 0 spiro atoms. The number of rotatable bonds is 4. The molecule has 0 N–H and O–H groups in total. The molecule has 3 heteroatoms. The second kappa shape index (κ2) is 6.15. The highest BCUT2D eigenvalue weighted by Gasteiger charge is 2.19. The Labute approximate surface area is 138 Å². The van der Waals surface area contributed by atoms with E-state index in [1.807, 2.05) is 0 Å². The van der Waals surface area contributed by atoms with E-state index in [0.29, 0.717) is 0 Å². The molecular weight excluding hydrogens is 387 g/mol. The minimum atomic E-state index is -0.0430. The molecule has 0 amide bonds. The Morgan fingerprint density at radius 2 is 1.84 bits per heavy atom. The normalized spacial score (nSPS) is 13.5. The number of hydrogen-bond acceptors (Lipinski definition) is 1. The average Bonchev–Trinajstić information content (AvgIpc) is 2.85. The second-order valence-corrected chi connectivity index (χ2v) is 8.65. The summed E-state index contributed by atoms with van der Waals surface area (Å²) in [6.07, 6.45) is 1.14. The van der Waals surface area contributed by atoms with Crippen molar-refractivity contribution in [3.05, 3.63) is 55.3 Å². The van der Waals surface area contributed by atoms with Crippen LogP contribution < -0.4 is 0 Å². The number of alkyl halides is 1. The Balaban J connectivity index is 2.23. The highest BCUT2D eigenvalue weighted by Crippen LogP contribution is 2.34. The summed E-state index contributed by atoms with van der Waals surface area (Å²) in [7, 11) is 0. The summed E-state index contributed by atoms with van der Waals surface area (Å²) in [6, 6.07) is 10.9. The molecule has 0 saturated carbocycles. The van der Waals surface area contributed by atoms with Crippen molar-refractivity contribution in [1.82, 2.24) is 0 Å². The van der Waals surface area contributed by atoms with Crippen LogP contribution in [0.15, 0.2) is 35.7 Å². The molecule has 0 bridgehead atoms. The third-order valence-electron chi connectivity index (χ3n) is 3.75. The first-order valence-corrected chi connectivity index (χ1v) is 8.82. The van der Waals surface area contributed by atoms with E-state index >= 15 is 0 Å². The molecule has 0 radical (unpaired) electrons. The van der Waals surface area contributed by atoms with E-state index in [0.717, 1.165) is 6.42 Å². The van der Waals surface area contributed by atoms with Crippen LogP contribution in [0.4, 0.5) is 0 Å². The van der Waals surface area contributed by atoms with Crippen LogP contribution >= 0.6 is 45.5 Å². The molecule has 1 unspecified atom stereocenters. The standard InChI is InChI=1S/C16H18ClIS/c1-4-16(2,3)13-7-5-11(6-8-13)15(17)12-9-14(18)19-10-12/h5-10,15H,4H2,1-3H3. The maximum absolute atomic E-state index is 6.55. The molecule has 0 aliphatic rings. The lowest BCUT2D eigenvalue weighted by atomic mass is 9.82. The molecule has 0 nitrogen and oxygen atoms in total. The molecule has 0 saturated heterocycles. The van der Waals surface area contributed by atoms with Gasteiger partial charge in [0.05, 0.1) is 8.26 Å². The first kappa shape index (κ1) is 15.3. The lowest BCUT2D eigenvalue weighted by Gasteiger charge is -2.23. The van der Waals surface area contributed by atoms with Gasteiger partial charge in [-0.05, 0) is 62.6 Å². The van der Waals surface area contributed by atoms with E-state index in [-0.39, 0.29) is 10.8 Å². The molecule has 2 rings (SSSR count). The molecule has 0 fully saturated rings. The molecule has 102 valence electrons. The quantitative estimate of drug-likeness (QED) is 0.410. The maximum atomic E-state index is 6.55. The van der Waals surface area contributed by atoms with Gasteiger partial charge in [-0.15, -0.1) is 22.9 Å². The van der Waals surface area contributed by atoms with Crippen molar-refractivity contribution in [2.75, 3.05) is 0 Å². The van der Waals surface area contributed by atoms with E-state index < -0.39 is 0 Å². The van der Waals surface area contributed by atoms with Gasteiger partial charge >= 0.3 is 0 Å². The van der Waals surface area contributed by atoms with E-state index in [1.54, 1.807) is 11.3 Å². The Morgan fingerprint density at radius 1 is 1.21 bits per heavy atom. The minimum absolute atomic E-state index is 0.0430. The monoisotopic (exact) mass is 404 g/mol. The SMILES string of the molecule is CCC(C)(C)c1ccc(C(Cl)c2csc(I)c2)cc1. The summed E-state index contributed by atoms with van der Waals surface area (Å²) in [5.74, 6) is 0. The van der Waals surface area contributed by atoms with Gasteiger partial charge < -0.3 is 0 Å². The highest BCUT2D eigenvalue weighted by molar-refractivity contribution is 14.1. The summed E-state index contributed by atoms with van der Waals surface area (Å²) < 4.78 is 1.28. The maximum Gasteiger partial charge on any atom is 0.0843 e. The summed E-state index contributed by atoms with van der Waals surface area (Å²) in [4.78, 5) is 0. The summed E-state index contributed by atoms with van der Waals surface area (Å²) in [6.45, 7) is 6.79. The van der Waals surface area contributed by atoms with E-state index in [9.17, 15) is 0 Å². The molecular formula is C16H18ClIS. The molecule has 1 aromatic carbocycles. The predicted octanol–water partition coefficient (Wildman–Crippen LogP) is 6.37. The fourth-order valence-electron chi connectivity index (χ4n) is 1.96. The van der Waals surface area contributed by atoms with E-state index in [4.69, 9.17) is 11.6 Å². The van der Waals surface area contributed by atoms with Crippen LogP contribution in [0.2, 0.25) is 0 Å². The Morgan fingerprint density at radius 3 is 2.32 bits per heavy atom. The van der Waals surface area contributed by atoms with Crippen LogP contribution in [-0.2, 0) is 5.41 Å². The zero-order valence-corrected chi connectivity index (χ0v) is 15.1. The van der Waals surface area contributed by atoms with Crippen molar-refractivity contribution in [3.63, 3.8) is 0 Å². The van der Waals surface area contributed by atoms with Gasteiger partial charge in [-0.1, -0.05) is 45.0 Å². The number of halogens is 2. The van der Waals surface area contributed by atoms with Crippen molar-refractivity contribution < 1.29 is 0 Å². The van der Waals surface area contributed by atoms with Crippen molar-refractivity contribution in [2.45, 2.75) is 38.0 Å². The number of benzene rings is 1. The zero-order valence-electron chi connectivity index (χ0n) is 11.4. The zero-order chi connectivity index (χ0) is 14.0. The number of hydrogen-bond donors (Lipinski definition) is 0. The van der Waals surface area contributed by atoms with Gasteiger partial charge in [0.1, 0.15) is 0 Å². The average molecular weight is 405 g/mol. The van der Waals surface area contributed by atoms with Crippen LogP contribution in [0.5, 0.6) is 0 Å². The Bertz CT molecular complexity index is 542. The van der Waals surface area contributed by atoms with Crippen molar-refractivity contribution in [1.29, 1.82) is 0 Å². The van der Waals surface area contributed by atoms with Crippen molar-refractivity contribution >= 4 is 45.5 Å². The molecule has 1 aromatic heterocycles. The smallest absolute Gasteiger partial charge is 0.0843 e. The van der Waals surface area contributed by atoms with Gasteiger partial charge in [-0.2, -0.15) is 0 Å². The minimum Gasteiger partial charge on any atom is -0.137 e. The van der Waals surface area contributed by atoms with Crippen LogP contribution in [0.25, 0.3) is 0 Å². The van der Waals surface area contributed by atoms with E-state index in [2.05, 4.69) is 79.1 Å².